The van der Waals surface area contributed by atoms with Crippen molar-refractivity contribution in [3.8, 4) is 17.2 Å². The number of hydrogen-bond donors (Lipinski definition) is 3. The Bertz CT molecular complexity index is 1550. The fourth-order valence-corrected chi connectivity index (χ4v) is 5.18. The Labute approximate surface area is 250 Å². The minimum absolute atomic E-state index is 0.165. The number of nitrogens with zero attached hydrogens (tertiary/aromatic N) is 3. The number of carbonyl (C=O) groups excluding carboxylic acids is 2. The fourth-order valence-electron chi connectivity index (χ4n) is 5.18. The number of likely N-dealkylation sites (tertiary alicyclic amines) is 1. The molecule has 4 aromatic rings. The van der Waals surface area contributed by atoms with Crippen LogP contribution in [0.25, 0.3) is 10.9 Å². The second kappa shape index (κ2) is 14.1. The van der Waals surface area contributed by atoms with Crippen LogP contribution in [0.5, 0.6) is 17.2 Å². The van der Waals surface area contributed by atoms with E-state index in [0.29, 0.717) is 53.8 Å². The highest BCUT2D eigenvalue weighted by Crippen LogP contribution is 2.37. The van der Waals surface area contributed by atoms with E-state index >= 15 is 0 Å². The van der Waals surface area contributed by atoms with Gasteiger partial charge in [0.15, 0.2) is 11.5 Å². The normalized spacial score (nSPS) is 15.0. The van der Waals surface area contributed by atoms with Crippen molar-refractivity contribution >= 4 is 28.7 Å². The van der Waals surface area contributed by atoms with E-state index in [0.717, 1.165) is 36.9 Å². The van der Waals surface area contributed by atoms with Crippen LogP contribution in [-0.4, -0.2) is 78.1 Å². The summed E-state index contributed by atoms with van der Waals surface area (Å²) in [6.45, 7) is 2.82. The molecular formula is C32H37N5O6. The Balaban J connectivity index is 1.29. The molecule has 11 heteroatoms. The number of pyridine rings is 1. The zero-order valence-corrected chi connectivity index (χ0v) is 24.4. The Morgan fingerprint density at radius 2 is 1.91 bits per heavy atom. The molecule has 0 radical (unpaired) electrons. The molecular weight excluding hydrogens is 550 g/mol. The molecule has 0 bridgehead atoms. The van der Waals surface area contributed by atoms with Crippen LogP contribution < -0.4 is 20.1 Å². The largest absolute Gasteiger partial charge is 0.490 e. The molecule has 11 nitrogen and oxygen atoms in total. The molecule has 43 heavy (non-hydrogen) atoms. The minimum atomic E-state index is -0.287. The van der Waals surface area contributed by atoms with Gasteiger partial charge >= 0.3 is 6.03 Å². The van der Waals surface area contributed by atoms with E-state index < -0.39 is 0 Å². The topological polar surface area (TPSA) is 127 Å². The first-order chi connectivity index (χ1) is 21.0. The molecule has 0 aliphatic carbocycles. The van der Waals surface area contributed by atoms with Gasteiger partial charge in [-0.25, -0.2) is 9.78 Å². The van der Waals surface area contributed by atoms with E-state index in [1.807, 2.05) is 24.3 Å². The maximum absolute atomic E-state index is 13.0. The first-order valence-electron chi connectivity index (χ1n) is 14.4. The molecule has 3 heterocycles. The van der Waals surface area contributed by atoms with E-state index in [1.165, 1.54) is 4.57 Å². The van der Waals surface area contributed by atoms with Crippen molar-refractivity contribution in [2.45, 2.75) is 31.8 Å². The first-order valence-corrected chi connectivity index (χ1v) is 14.4. The molecule has 1 saturated heterocycles. The van der Waals surface area contributed by atoms with Crippen LogP contribution in [0.4, 0.5) is 10.6 Å². The number of methoxy groups -OCH3 is 1. The van der Waals surface area contributed by atoms with Crippen LogP contribution in [0, 0.1) is 0 Å². The number of amides is 2. The van der Waals surface area contributed by atoms with E-state index in [1.54, 1.807) is 56.9 Å². The van der Waals surface area contributed by atoms with Crippen LogP contribution in [0.15, 0.2) is 67.0 Å². The van der Waals surface area contributed by atoms with E-state index in [2.05, 4.69) is 20.5 Å². The Morgan fingerprint density at radius 1 is 1.07 bits per heavy atom. The van der Waals surface area contributed by atoms with Crippen molar-refractivity contribution < 1.29 is 28.9 Å². The van der Waals surface area contributed by atoms with Gasteiger partial charge in [0.1, 0.15) is 11.6 Å². The average molecular weight is 588 g/mol. The van der Waals surface area contributed by atoms with Crippen molar-refractivity contribution in [1.29, 1.82) is 0 Å². The van der Waals surface area contributed by atoms with Gasteiger partial charge in [-0.3, -0.25) is 14.3 Å². The number of rotatable bonds is 12. The number of aliphatic hydroxyl groups excluding tert-OH is 1. The maximum Gasteiger partial charge on any atom is 0.325 e. The summed E-state index contributed by atoms with van der Waals surface area (Å²) in [5.41, 5.74) is 2.28. The summed E-state index contributed by atoms with van der Waals surface area (Å²) in [6, 6.07) is 16.1. The van der Waals surface area contributed by atoms with E-state index in [9.17, 15) is 14.7 Å². The highest BCUT2D eigenvalue weighted by Gasteiger charge is 2.23. The van der Waals surface area contributed by atoms with Crippen LogP contribution in [-0.2, 0) is 11.3 Å². The highest BCUT2D eigenvalue weighted by atomic mass is 16.5. The first kappa shape index (κ1) is 30.0. The lowest BCUT2D eigenvalue weighted by molar-refractivity contribution is 0.102. The van der Waals surface area contributed by atoms with Gasteiger partial charge in [0.25, 0.3) is 5.91 Å². The average Bonchev–Trinajstić information content (AvgIpc) is 3.65. The third kappa shape index (κ3) is 7.31. The lowest BCUT2D eigenvalue weighted by Crippen LogP contribution is -2.31. The maximum atomic E-state index is 13.0. The van der Waals surface area contributed by atoms with E-state index in [-0.39, 0.29) is 24.6 Å². The van der Waals surface area contributed by atoms with Crippen molar-refractivity contribution in [2.75, 3.05) is 45.8 Å². The molecule has 0 saturated carbocycles. The second-order valence-corrected chi connectivity index (χ2v) is 10.4. The number of benzene rings is 2. The van der Waals surface area contributed by atoms with Gasteiger partial charge in [0.05, 0.1) is 18.7 Å². The van der Waals surface area contributed by atoms with Crippen LogP contribution in [0.2, 0.25) is 0 Å². The van der Waals surface area contributed by atoms with Gasteiger partial charge in [-0.2, -0.15) is 0 Å². The highest BCUT2D eigenvalue weighted by molar-refractivity contribution is 6.03. The number of aliphatic hydroxyl groups is 1. The van der Waals surface area contributed by atoms with Gasteiger partial charge < -0.3 is 30.0 Å². The van der Waals surface area contributed by atoms with Crippen molar-refractivity contribution in [3.05, 3.63) is 78.1 Å². The van der Waals surface area contributed by atoms with Crippen molar-refractivity contribution in [3.63, 3.8) is 0 Å². The predicted molar refractivity (Wildman–Crippen MR) is 163 cm³/mol. The molecule has 5 rings (SSSR count). The van der Waals surface area contributed by atoms with Gasteiger partial charge in [-0.05, 0) is 55.3 Å². The summed E-state index contributed by atoms with van der Waals surface area (Å²) >= 11 is 0. The Morgan fingerprint density at radius 3 is 2.67 bits per heavy atom. The molecule has 0 spiro atoms. The number of nitrogens with one attached hydrogen (secondary N) is 2. The third-order valence-electron chi connectivity index (χ3n) is 7.45. The van der Waals surface area contributed by atoms with Crippen LogP contribution >= 0.6 is 0 Å². The zero-order chi connectivity index (χ0) is 30.2. The number of anilines is 1. The van der Waals surface area contributed by atoms with E-state index in [4.69, 9.17) is 14.2 Å². The summed E-state index contributed by atoms with van der Waals surface area (Å²) in [5, 5.41) is 15.8. The molecule has 3 N–H and O–H groups in total. The third-order valence-corrected chi connectivity index (χ3v) is 7.45. The van der Waals surface area contributed by atoms with Gasteiger partial charge in [-0.1, -0.05) is 12.1 Å². The Kier molecular flexibility index (Phi) is 9.88. The summed E-state index contributed by atoms with van der Waals surface area (Å²) < 4.78 is 18.9. The van der Waals surface area contributed by atoms with Gasteiger partial charge in [-0.15, -0.1) is 0 Å². The quantitative estimate of drug-likeness (QED) is 0.205. The summed E-state index contributed by atoms with van der Waals surface area (Å²) in [7, 11) is 3.21. The lowest BCUT2D eigenvalue weighted by Gasteiger charge is -2.22. The minimum Gasteiger partial charge on any atom is -0.490 e. The molecule has 1 aliphatic rings. The standard InChI is InChI=1S/C32H37N5O6/c1-33-32(40)37-14-11-24-17-29(28(19-27(24)37)42-16-4-15-41-2)43-26-10-12-34-30(18-26)35-31(39)23-8-6-22(7-9-23)20-36-13-3-5-25(36)21-38/h6-12,14,17-19,25,38H,3-5,13,15-16,20-21H2,1-2H3,(H,33,40)(H,34,35,39)/t25-/m1/s1. The van der Waals surface area contributed by atoms with Crippen LogP contribution in [0.1, 0.15) is 35.2 Å². The fraction of sp³-hybridized carbons (Fsp3) is 0.344. The molecule has 226 valence electrons. The zero-order valence-electron chi connectivity index (χ0n) is 24.4. The molecule has 2 amide bonds. The van der Waals surface area contributed by atoms with Crippen LogP contribution in [0.3, 0.4) is 0 Å². The molecule has 2 aromatic carbocycles. The molecule has 1 atom stereocenters. The van der Waals surface area contributed by atoms with Gasteiger partial charge in [0, 0.05) is 75.2 Å². The number of carbonyl (C=O) groups is 2. The predicted octanol–water partition coefficient (Wildman–Crippen LogP) is 4.64. The SMILES string of the molecule is CNC(=O)n1ccc2cc(Oc3ccnc(NC(=O)c4ccc(CN5CCC[C@@H]5CO)cc4)c3)c(OCCCOC)cc21. The molecule has 2 aromatic heterocycles. The monoisotopic (exact) mass is 587 g/mol. The van der Waals surface area contributed by atoms with Crippen molar-refractivity contribution in [1.82, 2.24) is 19.8 Å². The number of aromatic nitrogens is 2. The summed E-state index contributed by atoms with van der Waals surface area (Å²) in [4.78, 5) is 31.9. The Hall–Kier alpha value is -4.45. The van der Waals surface area contributed by atoms with Crippen molar-refractivity contribution in [2.24, 2.45) is 0 Å². The summed E-state index contributed by atoms with van der Waals surface area (Å²) in [6.07, 6.45) is 6.02. The molecule has 0 unspecified atom stereocenters. The number of ether oxygens (including phenoxy) is 3. The summed E-state index contributed by atoms with van der Waals surface area (Å²) in [5.74, 6) is 1.43. The molecule has 1 fully saturated rings. The number of hydrogen-bond acceptors (Lipinski definition) is 8. The lowest BCUT2D eigenvalue weighted by atomic mass is 10.1. The smallest absolute Gasteiger partial charge is 0.325 e. The van der Waals surface area contributed by atoms with Gasteiger partial charge in [0.2, 0.25) is 0 Å². The molecule has 1 aliphatic heterocycles. The second-order valence-electron chi connectivity index (χ2n) is 10.4. The number of fused-ring (bicyclic) bond motifs is 1.